The lowest BCUT2D eigenvalue weighted by molar-refractivity contribution is 0.0757. The van der Waals surface area contributed by atoms with Crippen LogP contribution in [0.15, 0.2) is 24.5 Å². The van der Waals surface area contributed by atoms with Gasteiger partial charge in [0.05, 0.1) is 6.10 Å². The summed E-state index contributed by atoms with van der Waals surface area (Å²) < 4.78 is 5.51. The van der Waals surface area contributed by atoms with Crippen molar-refractivity contribution in [2.45, 2.75) is 58.5 Å². The number of hydrogen-bond donors (Lipinski definition) is 0. The van der Waals surface area contributed by atoms with Gasteiger partial charge in [-0.05, 0) is 50.8 Å². The number of pyridine rings is 1. The van der Waals surface area contributed by atoms with Crippen LogP contribution in [-0.4, -0.2) is 17.7 Å². The molecule has 0 aliphatic heterocycles. The summed E-state index contributed by atoms with van der Waals surface area (Å²) in [4.78, 5) is 4.02. The molecular formula is C15H25NO. The molecule has 0 N–H and O–H groups in total. The van der Waals surface area contributed by atoms with Crippen LogP contribution in [0.1, 0.15) is 51.5 Å². The summed E-state index contributed by atoms with van der Waals surface area (Å²) in [6, 6.07) is 4.22. The zero-order chi connectivity index (χ0) is 12.3. The first-order valence-electron chi connectivity index (χ1n) is 6.79. The molecule has 0 aliphatic rings. The van der Waals surface area contributed by atoms with Crippen LogP contribution in [0.25, 0.3) is 0 Å². The van der Waals surface area contributed by atoms with Crippen molar-refractivity contribution in [2.24, 2.45) is 0 Å². The summed E-state index contributed by atoms with van der Waals surface area (Å²) >= 11 is 0. The van der Waals surface area contributed by atoms with Crippen molar-refractivity contribution in [1.82, 2.24) is 4.98 Å². The van der Waals surface area contributed by atoms with E-state index >= 15 is 0 Å². The molecule has 0 amide bonds. The molecule has 0 radical (unpaired) electrons. The van der Waals surface area contributed by atoms with E-state index < -0.39 is 0 Å². The molecule has 0 bridgehead atoms. The molecule has 0 spiro atoms. The van der Waals surface area contributed by atoms with Gasteiger partial charge in [0.15, 0.2) is 0 Å². The van der Waals surface area contributed by atoms with E-state index in [0.717, 1.165) is 6.61 Å². The van der Waals surface area contributed by atoms with Crippen LogP contribution in [0.3, 0.4) is 0 Å². The van der Waals surface area contributed by atoms with Gasteiger partial charge in [0.2, 0.25) is 0 Å². The molecule has 0 atom stereocenters. The van der Waals surface area contributed by atoms with E-state index in [1.165, 1.54) is 44.1 Å². The molecule has 17 heavy (non-hydrogen) atoms. The molecule has 1 aromatic rings. The highest BCUT2D eigenvalue weighted by Gasteiger charge is 1.95. The van der Waals surface area contributed by atoms with Crippen LogP contribution in [0.5, 0.6) is 0 Å². The number of nitrogens with zero attached hydrogens (tertiary/aromatic N) is 1. The number of aromatic nitrogens is 1. The average Bonchev–Trinajstić information content (AvgIpc) is 2.33. The Balaban J connectivity index is 1.88. The maximum Gasteiger partial charge on any atom is 0.0518 e. The van der Waals surface area contributed by atoms with Crippen molar-refractivity contribution in [3.05, 3.63) is 30.1 Å². The average molecular weight is 235 g/mol. The van der Waals surface area contributed by atoms with Gasteiger partial charge in [-0.25, -0.2) is 0 Å². The van der Waals surface area contributed by atoms with Crippen molar-refractivity contribution >= 4 is 0 Å². The van der Waals surface area contributed by atoms with E-state index in [-0.39, 0.29) is 0 Å². The van der Waals surface area contributed by atoms with E-state index in [1.54, 1.807) is 0 Å². The van der Waals surface area contributed by atoms with Crippen molar-refractivity contribution in [2.75, 3.05) is 6.61 Å². The Hall–Kier alpha value is -0.890. The van der Waals surface area contributed by atoms with E-state index in [4.69, 9.17) is 4.74 Å². The molecule has 2 heteroatoms. The molecule has 0 saturated carbocycles. The van der Waals surface area contributed by atoms with Gasteiger partial charge in [-0.15, -0.1) is 0 Å². The Kier molecular flexibility index (Phi) is 7.65. The van der Waals surface area contributed by atoms with Gasteiger partial charge in [-0.2, -0.15) is 0 Å². The summed E-state index contributed by atoms with van der Waals surface area (Å²) in [6.07, 6.45) is 11.7. The third kappa shape index (κ3) is 7.92. The first-order chi connectivity index (χ1) is 8.29. The highest BCUT2D eigenvalue weighted by Crippen LogP contribution is 2.08. The lowest BCUT2D eigenvalue weighted by atomic mass is 10.1. The van der Waals surface area contributed by atoms with Gasteiger partial charge in [-0.1, -0.05) is 19.3 Å². The summed E-state index contributed by atoms with van der Waals surface area (Å²) in [5.74, 6) is 0. The van der Waals surface area contributed by atoms with E-state index in [2.05, 4.69) is 31.0 Å². The van der Waals surface area contributed by atoms with Crippen molar-refractivity contribution in [1.29, 1.82) is 0 Å². The smallest absolute Gasteiger partial charge is 0.0518 e. The van der Waals surface area contributed by atoms with Gasteiger partial charge in [0, 0.05) is 19.0 Å². The number of hydrogen-bond acceptors (Lipinski definition) is 2. The van der Waals surface area contributed by atoms with Crippen molar-refractivity contribution < 1.29 is 4.74 Å². The molecule has 1 rings (SSSR count). The summed E-state index contributed by atoms with van der Waals surface area (Å²) in [5.41, 5.74) is 1.41. The number of ether oxygens (including phenoxy) is 1. The van der Waals surface area contributed by atoms with Crippen LogP contribution in [0, 0.1) is 0 Å². The van der Waals surface area contributed by atoms with E-state index in [0.29, 0.717) is 6.10 Å². The zero-order valence-electron chi connectivity index (χ0n) is 11.2. The second kappa shape index (κ2) is 9.17. The molecular weight excluding hydrogens is 210 g/mol. The minimum absolute atomic E-state index is 0.377. The highest BCUT2D eigenvalue weighted by atomic mass is 16.5. The topological polar surface area (TPSA) is 22.1 Å². The molecule has 1 aromatic heterocycles. The lowest BCUT2D eigenvalue weighted by Crippen LogP contribution is -2.03. The molecule has 0 fully saturated rings. The Labute approximate surface area is 105 Å². The zero-order valence-corrected chi connectivity index (χ0v) is 11.2. The van der Waals surface area contributed by atoms with E-state index in [1.807, 2.05) is 12.4 Å². The minimum atomic E-state index is 0.377. The maximum absolute atomic E-state index is 5.51. The van der Waals surface area contributed by atoms with Gasteiger partial charge in [-0.3, -0.25) is 4.98 Å². The van der Waals surface area contributed by atoms with Gasteiger partial charge < -0.3 is 4.74 Å². The molecule has 0 saturated heterocycles. The summed E-state index contributed by atoms with van der Waals surface area (Å²) in [5, 5.41) is 0. The van der Waals surface area contributed by atoms with Crippen LogP contribution < -0.4 is 0 Å². The van der Waals surface area contributed by atoms with Gasteiger partial charge in [0.25, 0.3) is 0 Å². The Morgan fingerprint density at radius 2 is 1.65 bits per heavy atom. The maximum atomic E-state index is 5.51. The first kappa shape index (κ1) is 14.2. The van der Waals surface area contributed by atoms with Gasteiger partial charge >= 0.3 is 0 Å². The first-order valence-corrected chi connectivity index (χ1v) is 6.79. The fourth-order valence-electron chi connectivity index (χ4n) is 1.83. The number of aryl methyl sites for hydroxylation is 1. The Morgan fingerprint density at radius 3 is 2.35 bits per heavy atom. The molecule has 0 aliphatic carbocycles. The fraction of sp³-hybridized carbons (Fsp3) is 0.667. The Morgan fingerprint density at radius 1 is 1.00 bits per heavy atom. The second-order valence-corrected chi connectivity index (χ2v) is 4.79. The molecule has 0 aromatic carbocycles. The number of rotatable bonds is 9. The summed E-state index contributed by atoms with van der Waals surface area (Å²) in [6.45, 7) is 5.10. The molecule has 96 valence electrons. The third-order valence-electron chi connectivity index (χ3n) is 2.81. The van der Waals surface area contributed by atoms with Crippen molar-refractivity contribution in [3.63, 3.8) is 0 Å². The van der Waals surface area contributed by atoms with Crippen LogP contribution in [0.4, 0.5) is 0 Å². The third-order valence-corrected chi connectivity index (χ3v) is 2.81. The van der Waals surface area contributed by atoms with Crippen LogP contribution >= 0.6 is 0 Å². The SMILES string of the molecule is CC(C)OCCCCCCCc1ccncc1. The molecule has 1 heterocycles. The second-order valence-electron chi connectivity index (χ2n) is 4.79. The fourth-order valence-corrected chi connectivity index (χ4v) is 1.83. The van der Waals surface area contributed by atoms with Gasteiger partial charge in [0.1, 0.15) is 0 Å². The van der Waals surface area contributed by atoms with Crippen molar-refractivity contribution in [3.8, 4) is 0 Å². The standard InChI is InChI=1S/C15H25NO/c1-14(2)17-13-7-5-3-4-6-8-15-9-11-16-12-10-15/h9-12,14H,3-8,13H2,1-2H3. The summed E-state index contributed by atoms with van der Waals surface area (Å²) in [7, 11) is 0. The monoisotopic (exact) mass is 235 g/mol. The van der Waals surface area contributed by atoms with Crippen LogP contribution in [-0.2, 0) is 11.2 Å². The molecule has 0 unspecified atom stereocenters. The molecule has 2 nitrogen and oxygen atoms in total. The largest absolute Gasteiger partial charge is 0.379 e. The van der Waals surface area contributed by atoms with Crippen LogP contribution in [0.2, 0.25) is 0 Å². The highest BCUT2D eigenvalue weighted by molar-refractivity contribution is 5.09. The predicted molar refractivity (Wildman–Crippen MR) is 72.1 cm³/mol. The lowest BCUT2D eigenvalue weighted by Gasteiger charge is -2.06. The predicted octanol–water partition coefficient (Wildman–Crippen LogP) is 4.00. The normalized spacial score (nSPS) is 11.0. The minimum Gasteiger partial charge on any atom is -0.379 e. The number of unbranched alkanes of at least 4 members (excludes halogenated alkanes) is 4. The quantitative estimate of drug-likeness (QED) is 0.604. The Bertz CT molecular complexity index is 272. The van der Waals surface area contributed by atoms with E-state index in [9.17, 15) is 0 Å².